The van der Waals surface area contributed by atoms with E-state index < -0.39 is 18.2 Å². The second-order valence-electron chi connectivity index (χ2n) is 14.4. The van der Waals surface area contributed by atoms with E-state index in [1.54, 1.807) is 0 Å². The van der Waals surface area contributed by atoms with E-state index in [1.807, 2.05) is 0 Å². The minimum Gasteiger partial charge on any atom is -0.462 e. The third-order valence-electron chi connectivity index (χ3n) is 9.69. The molecule has 1 amide bonds. The standard InChI is InChI=1S/C41H81NO5/c1-4-7-10-13-16-18-20-21-24-27-30-33-39(44)38(36-43)42-40(45)35-37(32-29-26-23-15-12-9-6-3)47-41(46)34-31-28-25-22-19-17-14-11-8-5-2/h37-39,43-44H,4-36H2,1-3H3,(H,42,45). The zero-order chi connectivity index (χ0) is 34.6. The Morgan fingerprint density at radius 2 is 0.894 bits per heavy atom. The quantitative estimate of drug-likeness (QED) is 0.0452. The van der Waals surface area contributed by atoms with Crippen molar-refractivity contribution in [3.63, 3.8) is 0 Å². The van der Waals surface area contributed by atoms with E-state index >= 15 is 0 Å². The molecule has 3 atom stereocenters. The van der Waals surface area contributed by atoms with Gasteiger partial charge >= 0.3 is 5.97 Å². The van der Waals surface area contributed by atoms with E-state index in [0.717, 1.165) is 44.9 Å². The maximum Gasteiger partial charge on any atom is 0.306 e. The first kappa shape index (κ1) is 45.9. The van der Waals surface area contributed by atoms with Crippen LogP contribution in [0.3, 0.4) is 0 Å². The highest BCUT2D eigenvalue weighted by molar-refractivity contribution is 5.77. The minimum atomic E-state index is -0.775. The summed E-state index contributed by atoms with van der Waals surface area (Å²) in [6.07, 6.45) is 34.5. The topological polar surface area (TPSA) is 95.9 Å². The molecule has 0 bridgehead atoms. The summed E-state index contributed by atoms with van der Waals surface area (Å²) in [6, 6.07) is -0.688. The van der Waals surface area contributed by atoms with Gasteiger partial charge in [0.25, 0.3) is 0 Å². The number of carbonyl (C=O) groups excluding carboxylic acids is 2. The predicted molar refractivity (Wildman–Crippen MR) is 200 cm³/mol. The number of carbonyl (C=O) groups is 2. The first-order chi connectivity index (χ1) is 23.0. The van der Waals surface area contributed by atoms with Crippen LogP contribution in [0.2, 0.25) is 0 Å². The fourth-order valence-electron chi connectivity index (χ4n) is 6.49. The second-order valence-corrected chi connectivity index (χ2v) is 14.4. The molecule has 0 aliphatic heterocycles. The van der Waals surface area contributed by atoms with Crippen molar-refractivity contribution in [2.45, 2.75) is 244 Å². The van der Waals surface area contributed by atoms with Crippen LogP contribution in [-0.2, 0) is 14.3 Å². The Balaban J connectivity index is 4.47. The largest absolute Gasteiger partial charge is 0.462 e. The first-order valence-corrected chi connectivity index (χ1v) is 20.8. The van der Waals surface area contributed by atoms with Gasteiger partial charge in [-0.2, -0.15) is 0 Å². The Labute approximate surface area is 292 Å². The van der Waals surface area contributed by atoms with Crippen LogP contribution < -0.4 is 5.32 Å². The lowest BCUT2D eigenvalue weighted by molar-refractivity contribution is -0.151. The van der Waals surface area contributed by atoms with Gasteiger partial charge in [0.05, 0.1) is 25.2 Å². The van der Waals surface area contributed by atoms with Crippen molar-refractivity contribution in [2.75, 3.05) is 6.61 Å². The summed E-state index contributed by atoms with van der Waals surface area (Å²) in [4.78, 5) is 25.7. The van der Waals surface area contributed by atoms with E-state index in [1.165, 1.54) is 135 Å². The lowest BCUT2D eigenvalue weighted by atomic mass is 10.0. The smallest absolute Gasteiger partial charge is 0.306 e. The van der Waals surface area contributed by atoms with Crippen molar-refractivity contribution in [1.82, 2.24) is 5.32 Å². The number of unbranched alkanes of at least 4 members (excludes halogenated alkanes) is 25. The summed E-state index contributed by atoms with van der Waals surface area (Å²) in [5.41, 5.74) is 0. The van der Waals surface area contributed by atoms with Crippen LogP contribution in [0.25, 0.3) is 0 Å². The molecule has 6 heteroatoms. The highest BCUT2D eigenvalue weighted by Gasteiger charge is 2.24. The molecule has 0 radical (unpaired) electrons. The lowest BCUT2D eigenvalue weighted by Gasteiger charge is -2.24. The van der Waals surface area contributed by atoms with Gasteiger partial charge in [0.2, 0.25) is 5.91 Å². The molecule has 0 saturated heterocycles. The highest BCUT2D eigenvalue weighted by Crippen LogP contribution is 2.17. The zero-order valence-electron chi connectivity index (χ0n) is 31.7. The van der Waals surface area contributed by atoms with Crippen molar-refractivity contribution in [3.05, 3.63) is 0 Å². The Kier molecular flexibility index (Phi) is 35.3. The van der Waals surface area contributed by atoms with Crippen LogP contribution in [0.1, 0.15) is 226 Å². The van der Waals surface area contributed by atoms with Gasteiger partial charge in [-0.05, 0) is 25.7 Å². The normalized spacial score (nSPS) is 13.4. The average Bonchev–Trinajstić information content (AvgIpc) is 3.06. The Morgan fingerprint density at radius 1 is 0.532 bits per heavy atom. The summed E-state index contributed by atoms with van der Waals surface area (Å²) in [5.74, 6) is -0.470. The zero-order valence-corrected chi connectivity index (χ0v) is 31.7. The molecule has 0 fully saturated rings. The fourth-order valence-corrected chi connectivity index (χ4v) is 6.49. The van der Waals surface area contributed by atoms with Crippen LogP contribution in [0.4, 0.5) is 0 Å². The van der Waals surface area contributed by atoms with Crippen LogP contribution in [0.15, 0.2) is 0 Å². The molecule has 280 valence electrons. The molecular formula is C41H81NO5. The fraction of sp³-hybridized carbons (Fsp3) is 0.951. The van der Waals surface area contributed by atoms with Gasteiger partial charge in [-0.25, -0.2) is 0 Å². The van der Waals surface area contributed by atoms with Crippen molar-refractivity contribution >= 4 is 11.9 Å². The number of hydrogen-bond donors (Lipinski definition) is 3. The average molecular weight is 668 g/mol. The molecule has 47 heavy (non-hydrogen) atoms. The number of aliphatic hydroxyl groups is 2. The molecular weight excluding hydrogens is 586 g/mol. The molecule has 3 unspecified atom stereocenters. The van der Waals surface area contributed by atoms with Crippen LogP contribution >= 0.6 is 0 Å². The molecule has 0 rings (SSSR count). The molecule has 0 aliphatic carbocycles. The van der Waals surface area contributed by atoms with Gasteiger partial charge in [0.1, 0.15) is 6.10 Å². The van der Waals surface area contributed by atoms with Gasteiger partial charge in [0.15, 0.2) is 0 Å². The Bertz CT molecular complexity index is 672. The van der Waals surface area contributed by atoms with Gasteiger partial charge < -0.3 is 20.3 Å². The summed E-state index contributed by atoms with van der Waals surface area (Å²) in [6.45, 7) is 6.42. The molecule has 6 nitrogen and oxygen atoms in total. The van der Waals surface area contributed by atoms with Gasteiger partial charge in [-0.1, -0.05) is 188 Å². The molecule has 0 heterocycles. The molecule has 0 saturated carbocycles. The van der Waals surface area contributed by atoms with E-state index in [2.05, 4.69) is 26.1 Å². The monoisotopic (exact) mass is 668 g/mol. The number of nitrogens with one attached hydrogen (secondary N) is 1. The first-order valence-electron chi connectivity index (χ1n) is 20.8. The number of aliphatic hydroxyl groups excluding tert-OH is 2. The number of esters is 1. The Hall–Kier alpha value is -1.14. The van der Waals surface area contributed by atoms with Gasteiger partial charge in [-0.15, -0.1) is 0 Å². The molecule has 0 aromatic heterocycles. The Morgan fingerprint density at radius 3 is 1.30 bits per heavy atom. The molecule has 0 aromatic rings. The summed E-state index contributed by atoms with van der Waals surface area (Å²) < 4.78 is 5.84. The van der Waals surface area contributed by atoms with E-state index in [9.17, 15) is 19.8 Å². The second kappa shape index (κ2) is 36.1. The summed E-state index contributed by atoms with van der Waals surface area (Å²) in [7, 11) is 0. The van der Waals surface area contributed by atoms with E-state index in [4.69, 9.17) is 4.74 Å². The number of ether oxygens (including phenoxy) is 1. The molecule has 0 aromatic carbocycles. The van der Waals surface area contributed by atoms with Crippen molar-refractivity contribution in [3.8, 4) is 0 Å². The van der Waals surface area contributed by atoms with Gasteiger partial charge in [0, 0.05) is 6.42 Å². The van der Waals surface area contributed by atoms with Gasteiger partial charge in [-0.3, -0.25) is 9.59 Å². The maximum atomic E-state index is 13.0. The summed E-state index contributed by atoms with van der Waals surface area (Å²) >= 11 is 0. The molecule has 0 aliphatic rings. The number of rotatable bonds is 37. The van der Waals surface area contributed by atoms with E-state index in [-0.39, 0.29) is 24.9 Å². The van der Waals surface area contributed by atoms with Crippen LogP contribution in [-0.4, -0.2) is 46.9 Å². The highest BCUT2D eigenvalue weighted by atomic mass is 16.5. The lowest BCUT2D eigenvalue weighted by Crippen LogP contribution is -2.46. The van der Waals surface area contributed by atoms with Crippen molar-refractivity contribution < 1.29 is 24.5 Å². The van der Waals surface area contributed by atoms with Crippen LogP contribution in [0, 0.1) is 0 Å². The van der Waals surface area contributed by atoms with E-state index in [0.29, 0.717) is 19.3 Å². The molecule has 0 spiro atoms. The third-order valence-corrected chi connectivity index (χ3v) is 9.69. The van der Waals surface area contributed by atoms with Crippen LogP contribution in [0.5, 0.6) is 0 Å². The van der Waals surface area contributed by atoms with Crippen molar-refractivity contribution in [1.29, 1.82) is 0 Å². The predicted octanol–water partition coefficient (Wildman–Crippen LogP) is 11.3. The maximum absolute atomic E-state index is 13.0. The third kappa shape index (κ3) is 31.9. The minimum absolute atomic E-state index is 0.0846. The number of hydrogen-bond acceptors (Lipinski definition) is 5. The molecule has 3 N–H and O–H groups in total. The van der Waals surface area contributed by atoms with Crippen molar-refractivity contribution in [2.24, 2.45) is 0 Å². The number of amides is 1. The summed E-state index contributed by atoms with van der Waals surface area (Å²) in [5, 5.41) is 23.5. The SMILES string of the molecule is CCCCCCCCCCCCCC(O)C(CO)NC(=O)CC(CCCCCCCCC)OC(=O)CCCCCCCCCCCC.